The Kier molecular flexibility index (Phi) is 7.16. The van der Waals surface area contributed by atoms with E-state index in [0.717, 1.165) is 5.92 Å². The van der Waals surface area contributed by atoms with Crippen molar-refractivity contribution in [1.29, 1.82) is 0 Å². The van der Waals surface area contributed by atoms with Crippen molar-refractivity contribution in [3.8, 4) is 0 Å². The summed E-state index contributed by atoms with van der Waals surface area (Å²) in [7, 11) is 0. The van der Waals surface area contributed by atoms with Crippen LogP contribution in [0.5, 0.6) is 0 Å². The molecule has 2 unspecified atom stereocenters. The zero-order valence-electron chi connectivity index (χ0n) is 12.1. The molecular weight excluding hydrogens is 260 g/mol. The van der Waals surface area contributed by atoms with E-state index in [0.29, 0.717) is 24.8 Å². The molecule has 2 atom stereocenters. The van der Waals surface area contributed by atoms with Gasteiger partial charge in [-0.05, 0) is 30.6 Å². The number of nitrogens with two attached hydrogens (primary N) is 1. The molecule has 19 heavy (non-hydrogen) atoms. The van der Waals surface area contributed by atoms with E-state index in [4.69, 9.17) is 5.73 Å². The molecule has 4 heteroatoms. The molecule has 2 fully saturated rings. The third-order valence-electron chi connectivity index (χ3n) is 4.75. The van der Waals surface area contributed by atoms with Crippen LogP contribution in [0.3, 0.4) is 0 Å². The molecule has 3 nitrogen and oxygen atoms in total. The number of halogens is 1. The van der Waals surface area contributed by atoms with Crippen molar-refractivity contribution < 1.29 is 4.79 Å². The van der Waals surface area contributed by atoms with E-state index in [-0.39, 0.29) is 24.4 Å². The normalized spacial score (nSPS) is 23.3. The Balaban J connectivity index is 0.00000180. The van der Waals surface area contributed by atoms with Gasteiger partial charge in [0.05, 0.1) is 0 Å². The zero-order chi connectivity index (χ0) is 13.0. The van der Waals surface area contributed by atoms with E-state index < -0.39 is 0 Å². The maximum absolute atomic E-state index is 12.0. The molecular formula is C15H29ClN2O. The van der Waals surface area contributed by atoms with Gasteiger partial charge >= 0.3 is 0 Å². The summed E-state index contributed by atoms with van der Waals surface area (Å²) in [6.45, 7) is 2.83. The van der Waals surface area contributed by atoms with Crippen molar-refractivity contribution in [2.45, 2.75) is 64.3 Å². The Labute approximate surface area is 123 Å². The Bertz CT molecular complexity index is 275. The predicted octanol–water partition coefficient (Wildman–Crippen LogP) is 2.87. The summed E-state index contributed by atoms with van der Waals surface area (Å²) in [5.41, 5.74) is 5.72. The highest BCUT2D eigenvalue weighted by atomic mass is 35.5. The molecule has 0 heterocycles. The molecule has 0 aromatic heterocycles. The van der Waals surface area contributed by atoms with Gasteiger partial charge in [0.1, 0.15) is 0 Å². The number of carbonyl (C=O) groups is 1. The molecule has 112 valence electrons. The van der Waals surface area contributed by atoms with Crippen molar-refractivity contribution in [2.75, 3.05) is 6.54 Å². The Hall–Kier alpha value is -0.280. The van der Waals surface area contributed by atoms with Crippen LogP contribution in [0.1, 0.15) is 58.3 Å². The van der Waals surface area contributed by atoms with Crippen molar-refractivity contribution in [2.24, 2.45) is 23.5 Å². The lowest BCUT2D eigenvalue weighted by Gasteiger charge is -2.27. The SMILES string of the molecule is CC(CC(=O)NC(CN)C1CC1)C1CCCCC1.Cl. The van der Waals surface area contributed by atoms with Crippen molar-refractivity contribution in [3.05, 3.63) is 0 Å². The van der Waals surface area contributed by atoms with Crippen LogP contribution >= 0.6 is 12.4 Å². The number of hydrogen-bond acceptors (Lipinski definition) is 2. The van der Waals surface area contributed by atoms with Crippen molar-refractivity contribution in [3.63, 3.8) is 0 Å². The first-order chi connectivity index (χ1) is 8.70. The van der Waals surface area contributed by atoms with Gasteiger partial charge in [-0.1, -0.05) is 39.0 Å². The van der Waals surface area contributed by atoms with Gasteiger partial charge in [-0.15, -0.1) is 12.4 Å². The third-order valence-corrected chi connectivity index (χ3v) is 4.75. The van der Waals surface area contributed by atoms with E-state index in [9.17, 15) is 4.79 Å². The average Bonchev–Trinajstić information content (AvgIpc) is 3.21. The van der Waals surface area contributed by atoms with Crippen molar-refractivity contribution in [1.82, 2.24) is 5.32 Å². The lowest BCUT2D eigenvalue weighted by molar-refractivity contribution is -0.123. The smallest absolute Gasteiger partial charge is 0.220 e. The van der Waals surface area contributed by atoms with Gasteiger partial charge in [-0.2, -0.15) is 0 Å². The number of carbonyl (C=O) groups excluding carboxylic acids is 1. The monoisotopic (exact) mass is 288 g/mol. The highest BCUT2D eigenvalue weighted by Crippen LogP contribution is 2.33. The largest absolute Gasteiger partial charge is 0.352 e. The van der Waals surface area contributed by atoms with E-state index in [2.05, 4.69) is 12.2 Å². The molecule has 0 aromatic rings. The lowest BCUT2D eigenvalue weighted by atomic mass is 9.79. The first-order valence-electron chi connectivity index (χ1n) is 7.70. The minimum atomic E-state index is 0. The van der Waals surface area contributed by atoms with E-state index in [1.54, 1.807) is 0 Å². The van der Waals surface area contributed by atoms with Gasteiger partial charge in [0, 0.05) is 19.0 Å². The molecule has 1 amide bonds. The second kappa shape index (κ2) is 8.11. The number of amides is 1. The summed E-state index contributed by atoms with van der Waals surface area (Å²) < 4.78 is 0. The molecule has 2 aliphatic carbocycles. The van der Waals surface area contributed by atoms with Crippen LogP contribution in [-0.2, 0) is 4.79 Å². The van der Waals surface area contributed by atoms with E-state index >= 15 is 0 Å². The summed E-state index contributed by atoms with van der Waals surface area (Å²) >= 11 is 0. The van der Waals surface area contributed by atoms with Crippen LogP contribution in [0.4, 0.5) is 0 Å². The molecule has 0 aliphatic heterocycles. The van der Waals surface area contributed by atoms with Crippen LogP contribution < -0.4 is 11.1 Å². The number of rotatable bonds is 6. The minimum Gasteiger partial charge on any atom is -0.352 e. The summed E-state index contributed by atoms with van der Waals surface area (Å²) in [6, 6.07) is 0.232. The molecule has 2 saturated carbocycles. The van der Waals surface area contributed by atoms with Gasteiger partial charge in [0.15, 0.2) is 0 Å². The number of nitrogens with one attached hydrogen (secondary N) is 1. The van der Waals surface area contributed by atoms with Crippen LogP contribution in [-0.4, -0.2) is 18.5 Å². The minimum absolute atomic E-state index is 0. The van der Waals surface area contributed by atoms with Crippen LogP contribution in [0.25, 0.3) is 0 Å². The zero-order valence-corrected chi connectivity index (χ0v) is 12.9. The first-order valence-corrected chi connectivity index (χ1v) is 7.70. The summed E-state index contributed by atoms with van der Waals surface area (Å²) in [6.07, 6.45) is 9.88. The molecule has 0 aromatic carbocycles. The highest BCUT2D eigenvalue weighted by molar-refractivity contribution is 5.85. The molecule has 2 rings (SSSR count). The second-order valence-corrected chi connectivity index (χ2v) is 6.33. The molecule has 0 radical (unpaired) electrons. The summed E-state index contributed by atoms with van der Waals surface area (Å²) in [5, 5.41) is 3.13. The van der Waals surface area contributed by atoms with Gasteiger partial charge < -0.3 is 11.1 Å². The maximum atomic E-state index is 12.0. The molecule has 2 aliphatic rings. The van der Waals surface area contributed by atoms with Gasteiger partial charge in [0.25, 0.3) is 0 Å². The van der Waals surface area contributed by atoms with E-state index in [1.807, 2.05) is 0 Å². The fraction of sp³-hybridized carbons (Fsp3) is 0.933. The quantitative estimate of drug-likeness (QED) is 0.790. The first kappa shape index (κ1) is 16.8. The standard InChI is InChI=1S/C15H28N2O.ClH/c1-11(12-5-3-2-4-6-12)9-15(18)17-14(10-16)13-7-8-13;/h11-14H,2-10,16H2,1H3,(H,17,18);1H. The summed E-state index contributed by atoms with van der Waals surface area (Å²) in [4.78, 5) is 12.0. The Morgan fingerprint density at radius 1 is 1.16 bits per heavy atom. The van der Waals surface area contributed by atoms with Gasteiger partial charge in [0.2, 0.25) is 5.91 Å². The lowest BCUT2D eigenvalue weighted by Crippen LogP contribution is -2.42. The van der Waals surface area contributed by atoms with Gasteiger partial charge in [-0.25, -0.2) is 0 Å². The van der Waals surface area contributed by atoms with Crippen LogP contribution in [0.2, 0.25) is 0 Å². The fourth-order valence-electron chi connectivity index (χ4n) is 3.30. The second-order valence-electron chi connectivity index (χ2n) is 6.33. The molecule has 0 saturated heterocycles. The average molecular weight is 289 g/mol. The Morgan fingerprint density at radius 3 is 2.32 bits per heavy atom. The maximum Gasteiger partial charge on any atom is 0.220 e. The van der Waals surface area contributed by atoms with Crippen LogP contribution in [0, 0.1) is 17.8 Å². The van der Waals surface area contributed by atoms with Crippen LogP contribution in [0.15, 0.2) is 0 Å². The topological polar surface area (TPSA) is 55.1 Å². The highest BCUT2D eigenvalue weighted by Gasteiger charge is 2.31. The molecule has 0 bridgehead atoms. The number of hydrogen-bond donors (Lipinski definition) is 2. The fourth-order valence-corrected chi connectivity index (χ4v) is 3.30. The van der Waals surface area contributed by atoms with Gasteiger partial charge in [-0.3, -0.25) is 4.79 Å². The van der Waals surface area contributed by atoms with Crippen molar-refractivity contribution >= 4 is 18.3 Å². The molecule has 3 N–H and O–H groups in total. The third kappa shape index (κ3) is 5.31. The Morgan fingerprint density at radius 2 is 1.79 bits per heavy atom. The predicted molar refractivity (Wildman–Crippen MR) is 81.3 cm³/mol. The molecule has 0 spiro atoms. The summed E-state index contributed by atoms with van der Waals surface area (Å²) in [5.74, 6) is 2.17. The van der Waals surface area contributed by atoms with E-state index in [1.165, 1.54) is 44.9 Å².